The summed E-state index contributed by atoms with van der Waals surface area (Å²) >= 11 is 1.62. The van der Waals surface area contributed by atoms with E-state index in [1.165, 1.54) is 0 Å². The van der Waals surface area contributed by atoms with Gasteiger partial charge < -0.3 is 15.2 Å². The summed E-state index contributed by atoms with van der Waals surface area (Å²) in [4.78, 5) is 24.5. The van der Waals surface area contributed by atoms with Gasteiger partial charge in [0.05, 0.1) is 24.5 Å². The molecule has 1 fully saturated rings. The van der Waals surface area contributed by atoms with E-state index in [-0.39, 0.29) is 24.3 Å². The van der Waals surface area contributed by atoms with Gasteiger partial charge in [-0.1, -0.05) is 12.1 Å². The molecule has 0 aliphatic heterocycles. The van der Waals surface area contributed by atoms with E-state index < -0.39 is 12.0 Å². The SMILES string of the molecule is COC1(CC(=O)NC(CC(=O)O)c2ccc(SC)cc2)CCC1. The molecule has 1 aromatic rings. The zero-order valence-corrected chi connectivity index (χ0v) is 14.3. The van der Waals surface area contributed by atoms with Crippen molar-refractivity contribution in [3.63, 3.8) is 0 Å². The van der Waals surface area contributed by atoms with Gasteiger partial charge in [0.2, 0.25) is 5.91 Å². The Morgan fingerprint density at radius 3 is 2.43 bits per heavy atom. The van der Waals surface area contributed by atoms with Gasteiger partial charge in [0.1, 0.15) is 0 Å². The van der Waals surface area contributed by atoms with Crippen molar-refractivity contribution in [2.75, 3.05) is 13.4 Å². The Hall–Kier alpha value is -1.53. The van der Waals surface area contributed by atoms with Crippen LogP contribution in [-0.4, -0.2) is 35.9 Å². The maximum absolute atomic E-state index is 12.3. The third-order valence-electron chi connectivity index (χ3n) is 4.41. The molecule has 5 nitrogen and oxygen atoms in total. The smallest absolute Gasteiger partial charge is 0.305 e. The number of carboxylic acid groups (broad SMARTS) is 1. The summed E-state index contributed by atoms with van der Waals surface area (Å²) in [7, 11) is 1.63. The fourth-order valence-corrected chi connectivity index (χ4v) is 3.23. The van der Waals surface area contributed by atoms with E-state index in [9.17, 15) is 9.59 Å². The predicted octanol–water partition coefficient (Wildman–Crippen LogP) is 3.00. The maximum atomic E-state index is 12.3. The monoisotopic (exact) mass is 337 g/mol. The van der Waals surface area contributed by atoms with Gasteiger partial charge in [0.25, 0.3) is 0 Å². The predicted molar refractivity (Wildman–Crippen MR) is 89.6 cm³/mol. The number of hydrogen-bond acceptors (Lipinski definition) is 4. The van der Waals surface area contributed by atoms with Gasteiger partial charge in [-0.25, -0.2) is 0 Å². The molecule has 1 atom stereocenters. The number of amides is 1. The van der Waals surface area contributed by atoms with Crippen LogP contribution in [0.1, 0.15) is 43.7 Å². The Labute approximate surface area is 140 Å². The average molecular weight is 337 g/mol. The van der Waals surface area contributed by atoms with Crippen molar-refractivity contribution in [2.24, 2.45) is 0 Å². The number of methoxy groups -OCH3 is 1. The van der Waals surface area contributed by atoms with Crippen LogP contribution in [0.4, 0.5) is 0 Å². The third kappa shape index (κ3) is 4.72. The second-order valence-electron chi connectivity index (χ2n) is 5.91. The Bertz CT molecular complexity index is 549. The van der Waals surface area contributed by atoms with Crippen LogP contribution >= 0.6 is 11.8 Å². The molecule has 1 aromatic carbocycles. The average Bonchev–Trinajstić information content (AvgIpc) is 2.50. The highest BCUT2D eigenvalue weighted by molar-refractivity contribution is 7.98. The van der Waals surface area contributed by atoms with Crippen LogP contribution in [0.15, 0.2) is 29.2 Å². The number of carboxylic acids is 1. The number of carbonyl (C=O) groups excluding carboxylic acids is 1. The summed E-state index contributed by atoms with van der Waals surface area (Å²) in [5.41, 5.74) is 0.444. The molecule has 0 heterocycles. The lowest BCUT2D eigenvalue weighted by atomic mass is 9.77. The molecule has 1 amide bonds. The minimum Gasteiger partial charge on any atom is -0.481 e. The first kappa shape index (κ1) is 17.8. The van der Waals surface area contributed by atoms with Gasteiger partial charge in [-0.2, -0.15) is 0 Å². The second-order valence-corrected chi connectivity index (χ2v) is 6.79. The van der Waals surface area contributed by atoms with Gasteiger partial charge >= 0.3 is 5.97 Å². The molecular weight excluding hydrogens is 314 g/mol. The van der Waals surface area contributed by atoms with Gasteiger partial charge in [0, 0.05) is 12.0 Å². The van der Waals surface area contributed by atoms with Crippen molar-refractivity contribution in [1.82, 2.24) is 5.32 Å². The summed E-state index contributed by atoms with van der Waals surface area (Å²) in [5, 5.41) is 12.0. The standard InChI is InChI=1S/C17H23NO4S/c1-22-17(8-3-9-17)11-15(19)18-14(10-16(20)21)12-4-6-13(23-2)7-5-12/h4-7,14H,3,8-11H2,1-2H3,(H,18,19)(H,20,21). The van der Waals surface area contributed by atoms with Gasteiger partial charge in [0.15, 0.2) is 0 Å². The summed E-state index contributed by atoms with van der Waals surface area (Å²) in [6.07, 6.45) is 4.95. The molecular formula is C17H23NO4S. The van der Waals surface area contributed by atoms with Crippen LogP contribution in [0.2, 0.25) is 0 Å². The summed E-state index contributed by atoms with van der Waals surface area (Å²) in [5.74, 6) is -1.10. The van der Waals surface area contributed by atoms with Crippen molar-refractivity contribution in [2.45, 2.75) is 48.6 Å². The van der Waals surface area contributed by atoms with Crippen molar-refractivity contribution in [1.29, 1.82) is 0 Å². The first-order valence-corrected chi connectivity index (χ1v) is 8.91. The van der Waals surface area contributed by atoms with Crippen molar-refractivity contribution in [3.05, 3.63) is 29.8 Å². The van der Waals surface area contributed by atoms with E-state index in [2.05, 4.69) is 5.32 Å². The summed E-state index contributed by atoms with van der Waals surface area (Å²) in [6.45, 7) is 0. The molecule has 0 aromatic heterocycles. The second kappa shape index (κ2) is 7.84. The molecule has 2 N–H and O–H groups in total. The molecule has 1 unspecified atom stereocenters. The van der Waals surface area contributed by atoms with E-state index in [1.54, 1.807) is 18.9 Å². The van der Waals surface area contributed by atoms with Gasteiger partial charge in [-0.05, 0) is 43.2 Å². The molecule has 1 aliphatic rings. The van der Waals surface area contributed by atoms with Crippen LogP contribution in [0.5, 0.6) is 0 Å². The third-order valence-corrected chi connectivity index (χ3v) is 5.16. The fourth-order valence-electron chi connectivity index (χ4n) is 2.83. The number of carbonyl (C=O) groups is 2. The Kier molecular flexibility index (Phi) is 6.07. The Morgan fingerprint density at radius 1 is 1.35 bits per heavy atom. The number of benzene rings is 1. The van der Waals surface area contributed by atoms with Crippen LogP contribution in [0.3, 0.4) is 0 Å². The molecule has 0 saturated heterocycles. The summed E-state index contributed by atoms with van der Waals surface area (Å²) in [6, 6.07) is 7.09. The van der Waals surface area contributed by atoms with E-state index in [0.717, 1.165) is 29.7 Å². The minimum atomic E-state index is -0.936. The highest BCUT2D eigenvalue weighted by Crippen LogP contribution is 2.38. The van der Waals surface area contributed by atoms with E-state index in [1.807, 2.05) is 30.5 Å². The highest BCUT2D eigenvalue weighted by atomic mass is 32.2. The molecule has 1 saturated carbocycles. The van der Waals surface area contributed by atoms with Gasteiger partial charge in [-0.3, -0.25) is 9.59 Å². The highest BCUT2D eigenvalue weighted by Gasteiger charge is 2.39. The zero-order valence-electron chi connectivity index (χ0n) is 13.5. The van der Waals surface area contributed by atoms with Crippen molar-refractivity contribution < 1.29 is 19.4 Å². The van der Waals surface area contributed by atoms with Crippen LogP contribution in [0.25, 0.3) is 0 Å². The lowest BCUT2D eigenvalue weighted by Crippen LogP contribution is -2.44. The lowest BCUT2D eigenvalue weighted by Gasteiger charge is -2.40. The number of rotatable bonds is 8. The number of hydrogen-bond donors (Lipinski definition) is 2. The van der Waals surface area contributed by atoms with E-state index in [0.29, 0.717) is 0 Å². The molecule has 0 radical (unpaired) electrons. The first-order chi connectivity index (χ1) is 11.0. The van der Waals surface area contributed by atoms with Crippen LogP contribution < -0.4 is 5.32 Å². The molecule has 0 spiro atoms. The molecule has 23 heavy (non-hydrogen) atoms. The molecule has 2 rings (SSSR count). The minimum absolute atomic E-state index is 0.135. The molecule has 6 heteroatoms. The topological polar surface area (TPSA) is 75.6 Å². The van der Waals surface area contributed by atoms with Crippen molar-refractivity contribution >= 4 is 23.6 Å². The van der Waals surface area contributed by atoms with Crippen LogP contribution in [-0.2, 0) is 14.3 Å². The quantitative estimate of drug-likeness (QED) is 0.713. The largest absolute Gasteiger partial charge is 0.481 e. The molecule has 0 bridgehead atoms. The number of aliphatic carboxylic acids is 1. The lowest BCUT2D eigenvalue weighted by molar-refractivity contribution is -0.138. The fraction of sp³-hybridized carbons (Fsp3) is 0.529. The Morgan fingerprint density at radius 2 is 2.00 bits per heavy atom. The summed E-state index contributed by atoms with van der Waals surface area (Å²) < 4.78 is 5.46. The number of ether oxygens (including phenoxy) is 1. The normalized spacial score (nSPS) is 17.1. The van der Waals surface area contributed by atoms with E-state index in [4.69, 9.17) is 9.84 Å². The molecule has 1 aliphatic carbocycles. The van der Waals surface area contributed by atoms with Crippen LogP contribution in [0, 0.1) is 0 Å². The van der Waals surface area contributed by atoms with Crippen molar-refractivity contribution in [3.8, 4) is 0 Å². The molecule has 126 valence electrons. The zero-order chi connectivity index (χ0) is 16.9. The first-order valence-electron chi connectivity index (χ1n) is 7.68. The number of nitrogens with one attached hydrogen (secondary N) is 1. The van der Waals surface area contributed by atoms with E-state index >= 15 is 0 Å². The number of thioether (sulfide) groups is 1. The Balaban J connectivity index is 2.05. The maximum Gasteiger partial charge on any atom is 0.305 e. The van der Waals surface area contributed by atoms with Gasteiger partial charge in [-0.15, -0.1) is 11.8 Å².